The van der Waals surface area contributed by atoms with Crippen LogP contribution in [0, 0.1) is 11.2 Å². The van der Waals surface area contributed by atoms with Crippen LogP contribution in [0.2, 0.25) is 0 Å². The van der Waals surface area contributed by atoms with Crippen LogP contribution in [0.1, 0.15) is 32.3 Å². The average molecular weight is 237 g/mol. The number of phenols is 1. The van der Waals surface area contributed by atoms with Crippen molar-refractivity contribution in [3.63, 3.8) is 0 Å². The van der Waals surface area contributed by atoms with Gasteiger partial charge in [-0.1, -0.05) is 13.8 Å². The summed E-state index contributed by atoms with van der Waals surface area (Å²) in [5.41, 5.74) is 1.10. The van der Waals surface area contributed by atoms with E-state index < -0.39 is 0 Å². The molecule has 0 radical (unpaired) electrons. The van der Waals surface area contributed by atoms with E-state index in [-0.39, 0.29) is 11.6 Å². The van der Waals surface area contributed by atoms with Crippen LogP contribution in [0.5, 0.6) is 5.75 Å². The Morgan fingerprint density at radius 2 is 1.94 bits per heavy atom. The van der Waals surface area contributed by atoms with E-state index in [9.17, 15) is 9.50 Å². The lowest BCUT2D eigenvalue weighted by Crippen LogP contribution is -2.36. The fourth-order valence-electron chi connectivity index (χ4n) is 2.24. The molecule has 0 aromatic heterocycles. The molecule has 1 saturated heterocycles. The van der Waals surface area contributed by atoms with E-state index in [0.29, 0.717) is 17.5 Å². The first kappa shape index (κ1) is 12.4. The second-order valence-corrected chi connectivity index (χ2v) is 5.71. The largest absolute Gasteiger partial charge is 0.508 e. The third-order valence-electron chi connectivity index (χ3n) is 3.65. The summed E-state index contributed by atoms with van der Waals surface area (Å²) < 4.78 is 13.1. The van der Waals surface area contributed by atoms with Crippen LogP contribution in [-0.4, -0.2) is 23.1 Å². The molecule has 94 valence electrons. The van der Waals surface area contributed by atoms with E-state index in [1.807, 2.05) is 0 Å². The first-order valence-corrected chi connectivity index (χ1v) is 6.16. The molecule has 2 nitrogen and oxygen atoms in total. The Balaban J connectivity index is 2.00. The molecular formula is C14H20FNO. The zero-order valence-electron chi connectivity index (χ0n) is 10.5. The predicted octanol–water partition coefficient (Wildman–Crippen LogP) is 3.15. The number of benzene rings is 1. The van der Waals surface area contributed by atoms with Gasteiger partial charge < -0.3 is 5.11 Å². The number of aromatic hydroxyl groups is 1. The molecule has 0 atom stereocenters. The molecule has 0 unspecified atom stereocenters. The van der Waals surface area contributed by atoms with Crippen molar-refractivity contribution in [2.24, 2.45) is 5.41 Å². The molecule has 1 heterocycles. The summed E-state index contributed by atoms with van der Waals surface area (Å²) in [5, 5.41) is 9.67. The summed E-state index contributed by atoms with van der Waals surface area (Å²) in [6.07, 6.45) is 2.31. The summed E-state index contributed by atoms with van der Waals surface area (Å²) in [4.78, 5) is 2.28. The minimum Gasteiger partial charge on any atom is -0.508 e. The molecule has 17 heavy (non-hydrogen) atoms. The second kappa shape index (κ2) is 4.65. The number of phenolic OH excluding ortho intramolecular Hbond substituents is 1. The normalized spacial score (nSPS) is 20.4. The molecule has 1 aliphatic rings. The molecule has 0 amide bonds. The fourth-order valence-corrected chi connectivity index (χ4v) is 2.24. The summed E-state index contributed by atoms with van der Waals surface area (Å²) in [7, 11) is 0. The maximum Gasteiger partial charge on any atom is 0.123 e. The third-order valence-corrected chi connectivity index (χ3v) is 3.65. The summed E-state index contributed by atoms with van der Waals surface area (Å²) in [6.45, 7) is 7.24. The first-order valence-electron chi connectivity index (χ1n) is 6.16. The Labute approximate surface area is 102 Å². The van der Waals surface area contributed by atoms with Crippen molar-refractivity contribution in [3.8, 4) is 5.75 Å². The van der Waals surface area contributed by atoms with Gasteiger partial charge in [0.05, 0.1) is 0 Å². The number of rotatable bonds is 2. The molecule has 1 aliphatic heterocycles. The number of nitrogens with zero attached hydrogens (tertiary/aromatic N) is 1. The average Bonchev–Trinajstić information content (AvgIpc) is 2.26. The summed E-state index contributed by atoms with van der Waals surface area (Å²) in [6, 6.07) is 4.14. The molecule has 1 fully saturated rings. The Morgan fingerprint density at radius 3 is 2.59 bits per heavy atom. The third kappa shape index (κ3) is 3.19. The highest BCUT2D eigenvalue weighted by molar-refractivity contribution is 5.32. The molecule has 1 N–H and O–H groups in total. The van der Waals surface area contributed by atoms with E-state index in [1.54, 1.807) is 0 Å². The fraction of sp³-hybridized carbons (Fsp3) is 0.571. The van der Waals surface area contributed by atoms with Crippen LogP contribution in [0.25, 0.3) is 0 Å². The van der Waals surface area contributed by atoms with Crippen LogP contribution in [0.3, 0.4) is 0 Å². The van der Waals surface area contributed by atoms with Crippen molar-refractivity contribution in [1.29, 1.82) is 0 Å². The van der Waals surface area contributed by atoms with Crippen LogP contribution < -0.4 is 0 Å². The highest BCUT2D eigenvalue weighted by Crippen LogP contribution is 2.31. The zero-order chi connectivity index (χ0) is 12.5. The minimum absolute atomic E-state index is 0.191. The van der Waals surface area contributed by atoms with Crippen LogP contribution in [0.4, 0.5) is 4.39 Å². The molecule has 1 aromatic carbocycles. The number of piperidine rings is 1. The van der Waals surface area contributed by atoms with Gasteiger partial charge in [-0.3, -0.25) is 4.90 Å². The molecule has 0 bridgehead atoms. The molecule has 3 heteroatoms. The van der Waals surface area contributed by atoms with Crippen molar-refractivity contribution in [2.75, 3.05) is 13.1 Å². The lowest BCUT2D eigenvalue weighted by atomic mass is 9.82. The van der Waals surface area contributed by atoms with Gasteiger partial charge in [0.2, 0.25) is 0 Å². The van der Waals surface area contributed by atoms with Crippen molar-refractivity contribution in [2.45, 2.75) is 33.2 Å². The van der Waals surface area contributed by atoms with E-state index in [1.165, 1.54) is 18.2 Å². The molecule has 2 rings (SSSR count). The van der Waals surface area contributed by atoms with Crippen molar-refractivity contribution in [1.82, 2.24) is 4.90 Å². The van der Waals surface area contributed by atoms with Crippen molar-refractivity contribution < 1.29 is 9.50 Å². The topological polar surface area (TPSA) is 23.5 Å². The molecule has 0 spiro atoms. The quantitative estimate of drug-likeness (QED) is 0.854. The lowest BCUT2D eigenvalue weighted by molar-refractivity contribution is 0.126. The van der Waals surface area contributed by atoms with E-state index in [4.69, 9.17) is 0 Å². The van der Waals surface area contributed by atoms with Crippen molar-refractivity contribution in [3.05, 3.63) is 29.6 Å². The zero-order valence-corrected chi connectivity index (χ0v) is 10.5. The standard InChI is InChI=1S/C14H20FNO/c1-14(2)5-7-16(8-6-14)10-11-9-12(15)3-4-13(11)17/h3-4,9,17H,5-8,10H2,1-2H3. The lowest BCUT2D eigenvalue weighted by Gasteiger charge is -2.37. The van der Waals surface area contributed by atoms with Gasteiger partial charge in [-0.2, -0.15) is 0 Å². The number of hydrogen-bond donors (Lipinski definition) is 1. The Hall–Kier alpha value is -1.09. The minimum atomic E-state index is -0.282. The Bertz CT molecular complexity index is 393. The highest BCUT2D eigenvalue weighted by Gasteiger charge is 2.25. The highest BCUT2D eigenvalue weighted by atomic mass is 19.1. The van der Waals surface area contributed by atoms with Crippen LogP contribution in [-0.2, 0) is 6.54 Å². The van der Waals surface area contributed by atoms with E-state index >= 15 is 0 Å². The smallest absolute Gasteiger partial charge is 0.123 e. The summed E-state index contributed by atoms with van der Waals surface area (Å²) >= 11 is 0. The van der Waals surface area contributed by atoms with Gasteiger partial charge in [-0.15, -0.1) is 0 Å². The van der Waals surface area contributed by atoms with Crippen LogP contribution >= 0.6 is 0 Å². The number of halogens is 1. The van der Waals surface area contributed by atoms with Crippen molar-refractivity contribution >= 4 is 0 Å². The van der Waals surface area contributed by atoms with E-state index in [0.717, 1.165) is 25.9 Å². The Kier molecular flexibility index (Phi) is 3.38. The van der Waals surface area contributed by atoms with Crippen LogP contribution in [0.15, 0.2) is 18.2 Å². The monoisotopic (exact) mass is 237 g/mol. The van der Waals surface area contributed by atoms with Gasteiger partial charge in [0.25, 0.3) is 0 Å². The van der Waals surface area contributed by atoms with Gasteiger partial charge in [0.15, 0.2) is 0 Å². The van der Waals surface area contributed by atoms with Gasteiger partial charge in [-0.25, -0.2) is 4.39 Å². The molecule has 1 aromatic rings. The van der Waals surface area contributed by atoms with Gasteiger partial charge >= 0.3 is 0 Å². The van der Waals surface area contributed by atoms with E-state index in [2.05, 4.69) is 18.7 Å². The maximum atomic E-state index is 13.1. The van der Waals surface area contributed by atoms with Gasteiger partial charge in [0.1, 0.15) is 11.6 Å². The molecular weight excluding hydrogens is 217 g/mol. The summed E-state index contributed by atoms with van der Waals surface area (Å²) in [5.74, 6) is -0.0913. The van der Waals surface area contributed by atoms with Gasteiger partial charge in [0, 0.05) is 12.1 Å². The molecule has 0 aliphatic carbocycles. The first-order chi connectivity index (χ1) is 7.96. The number of likely N-dealkylation sites (tertiary alicyclic amines) is 1. The predicted molar refractivity (Wildman–Crippen MR) is 66.4 cm³/mol. The SMILES string of the molecule is CC1(C)CCN(Cc2cc(F)ccc2O)CC1. The second-order valence-electron chi connectivity index (χ2n) is 5.71. The Morgan fingerprint density at radius 1 is 1.29 bits per heavy atom. The number of hydrogen-bond acceptors (Lipinski definition) is 2. The maximum absolute atomic E-state index is 13.1. The van der Waals surface area contributed by atoms with Gasteiger partial charge in [-0.05, 0) is 49.5 Å². The molecule has 0 saturated carbocycles.